The van der Waals surface area contributed by atoms with E-state index in [-0.39, 0.29) is 12.0 Å². The molecule has 0 aliphatic heterocycles. The van der Waals surface area contributed by atoms with Crippen LogP contribution in [0.4, 0.5) is 0 Å². The summed E-state index contributed by atoms with van der Waals surface area (Å²) in [5, 5.41) is 9.14. The Morgan fingerprint density at radius 3 is 2.29 bits per heavy atom. The third-order valence-electron chi connectivity index (χ3n) is 3.03. The van der Waals surface area contributed by atoms with Crippen molar-refractivity contribution in [2.24, 2.45) is 0 Å². The molecule has 0 heterocycles. The van der Waals surface area contributed by atoms with Gasteiger partial charge < -0.3 is 9.84 Å². The summed E-state index contributed by atoms with van der Waals surface area (Å²) < 4.78 is 5.54. The van der Waals surface area contributed by atoms with Gasteiger partial charge in [0.15, 0.2) is 0 Å². The second-order valence-corrected chi connectivity index (χ2v) is 5.41. The molecule has 2 nitrogen and oxygen atoms in total. The van der Waals surface area contributed by atoms with E-state index in [1.54, 1.807) is 7.11 Å². The normalized spacial score (nSPS) is 11.6. The van der Waals surface area contributed by atoms with E-state index in [0.717, 1.165) is 17.7 Å². The molecular weight excluding hydrogens is 212 g/mol. The van der Waals surface area contributed by atoms with Crippen LogP contribution in [-0.4, -0.2) is 18.8 Å². The molecule has 0 radical (unpaired) electrons. The zero-order valence-electron chi connectivity index (χ0n) is 11.6. The van der Waals surface area contributed by atoms with Crippen molar-refractivity contribution < 1.29 is 9.84 Å². The lowest BCUT2D eigenvalue weighted by Gasteiger charge is -2.25. The predicted octanol–water partition coefficient (Wildman–Crippen LogP) is 3.09. The minimum absolute atomic E-state index is 0.0563. The number of hydrogen-bond acceptors (Lipinski definition) is 2. The maximum atomic E-state index is 9.14. The van der Waals surface area contributed by atoms with Crippen LogP contribution in [0.5, 0.6) is 5.75 Å². The molecule has 0 bridgehead atoms. The van der Waals surface area contributed by atoms with Crippen molar-refractivity contribution in [2.75, 3.05) is 13.7 Å². The first kappa shape index (κ1) is 14.0. The van der Waals surface area contributed by atoms with Crippen LogP contribution in [0.3, 0.4) is 0 Å². The van der Waals surface area contributed by atoms with Crippen molar-refractivity contribution in [3.8, 4) is 5.75 Å². The summed E-state index contributed by atoms with van der Waals surface area (Å²) in [7, 11) is 1.71. The zero-order valence-corrected chi connectivity index (χ0v) is 11.6. The van der Waals surface area contributed by atoms with Crippen LogP contribution >= 0.6 is 0 Å². The molecule has 17 heavy (non-hydrogen) atoms. The Kier molecular flexibility index (Phi) is 4.58. The largest absolute Gasteiger partial charge is 0.496 e. The average molecular weight is 236 g/mol. The fourth-order valence-corrected chi connectivity index (χ4v) is 2.06. The van der Waals surface area contributed by atoms with Gasteiger partial charge in [0.25, 0.3) is 0 Å². The Labute approximate surface area is 105 Å². The smallest absolute Gasteiger partial charge is 0.125 e. The van der Waals surface area contributed by atoms with Gasteiger partial charge in [-0.1, -0.05) is 39.8 Å². The Hall–Kier alpha value is -1.02. The molecule has 0 aromatic heterocycles. The minimum Gasteiger partial charge on any atom is -0.496 e. The van der Waals surface area contributed by atoms with Crippen LogP contribution in [0, 0.1) is 0 Å². The third kappa shape index (κ3) is 3.22. The van der Waals surface area contributed by atoms with Gasteiger partial charge in [-0.05, 0) is 29.4 Å². The monoisotopic (exact) mass is 236 g/mol. The van der Waals surface area contributed by atoms with Gasteiger partial charge in [0.1, 0.15) is 5.75 Å². The van der Waals surface area contributed by atoms with E-state index in [2.05, 4.69) is 39.8 Å². The summed E-state index contributed by atoms with van der Waals surface area (Å²) in [6.07, 6.45) is 1.66. The number of hydrogen-bond donors (Lipinski definition) is 1. The highest BCUT2D eigenvalue weighted by atomic mass is 16.5. The van der Waals surface area contributed by atoms with E-state index in [1.807, 2.05) is 0 Å². The molecule has 0 saturated carbocycles. The summed E-state index contributed by atoms with van der Waals surface area (Å²) in [4.78, 5) is 0. The van der Waals surface area contributed by atoms with Crippen molar-refractivity contribution >= 4 is 0 Å². The van der Waals surface area contributed by atoms with Gasteiger partial charge in [0.2, 0.25) is 0 Å². The Morgan fingerprint density at radius 2 is 1.88 bits per heavy atom. The molecule has 1 rings (SSSR count). The highest BCUT2D eigenvalue weighted by Gasteiger charge is 2.21. The molecule has 1 aromatic rings. The van der Waals surface area contributed by atoms with Gasteiger partial charge >= 0.3 is 0 Å². The highest BCUT2D eigenvalue weighted by Crippen LogP contribution is 2.35. The Balaban J connectivity index is 3.39. The van der Waals surface area contributed by atoms with Gasteiger partial charge in [-0.2, -0.15) is 0 Å². The van der Waals surface area contributed by atoms with Crippen LogP contribution in [-0.2, 0) is 18.3 Å². The lowest BCUT2D eigenvalue weighted by Crippen LogP contribution is -2.15. The number of aliphatic hydroxyl groups excluding tert-OH is 1. The number of benzene rings is 1. The van der Waals surface area contributed by atoms with Crippen molar-refractivity contribution in [3.63, 3.8) is 0 Å². The van der Waals surface area contributed by atoms with E-state index in [9.17, 15) is 0 Å². The number of rotatable bonds is 4. The second kappa shape index (κ2) is 5.54. The standard InChI is InChI=1S/C15H24O2/c1-6-11-9-12(7-8-16)14(17-5)13(10-11)15(2,3)4/h9-10,16H,6-8H2,1-5H3. The first-order valence-corrected chi connectivity index (χ1v) is 6.25. The summed E-state index contributed by atoms with van der Waals surface area (Å²) in [6, 6.07) is 4.37. The van der Waals surface area contributed by atoms with E-state index in [1.165, 1.54) is 11.1 Å². The topological polar surface area (TPSA) is 29.5 Å². The maximum Gasteiger partial charge on any atom is 0.125 e. The molecule has 2 heteroatoms. The maximum absolute atomic E-state index is 9.14. The van der Waals surface area contributed by atoms with Gasteiger partial charge in [-0.3, -0.25) is 0 Å². The van der Waals surface area contributed by atoms with Crippen LogP contribution in [0.15, 0.2) is 12.1 Å². The van der Waals surface area contributed by atoms with Gasteiger partial charge in [0, 0.05) is 12.2 Å². The summed E-state index contributed by atoms with van der Waals surface area (Å²) >= 11 is 0. The first-order chi connectivity index (χ1) is 7.93. The lowest BCUT2D eigenvalue weighted by molar-refractivity contribution is 0.296. The molecule has 1 aromatic carbocycles. The molecule has 1 N–H and O–H groups in total. The molecule has 0 fully saturated rings. The molecule has 0 saturated heterocycles. The van der Waals surface area contributed by atoms with Crippen molar-refractivity contribution in [1.82, 2.24) is 0 Å². The van der Waals surface area contributed by atoms with Crippen LogP contribution in [0.1, 0.15) is 44.4 Å². The fraction of sp³-hybridized carbons (Fsp3) is 0.600. The molecule has 96 valence electrons. The molecule has 0 atom stereocenters. The number of aliphatic hydroxyl groups is 1. The van der Waals surface area contributed by atoms with Gasteiger partial charge in [0.05, 0.1) is 7.11 Å². The van der Waals surface area contributed by atoms with E-state index in [0.29, 0.717) is 6.42 Å². The molecule has 0 spiro atoms. The summed E-state index contributed by atoms with van der Waals surface area (Å²) in [6.45, 7) is 8.87. The van der Waals surface area contributed by atoms with Crippen molar-refractivity contribution in [1.29, 1.82) is 0 Å². The van der Waals surface area contributed by atoms with E-state index >= 15 is 0 Å². The van der Waals surface area contributed by atoms with E-state index in [4.69, 9.17) is 9.84 Å². The lowest BCUT2D eigenvalue weighted by atomic mass is 9.83. The van der Waals surface area contributed by atoms with Crippen LogP contribution < -0.4 is 4.74 Å². The Bertz CT molecular complexity index is 375. The SMILES string of the molecule is CCc1cc(CCO)c(OC)c(C(C)(C)C)c1. The van der Waals surface area contributed by atoms with Crippen LogP contribution in [0.25, 0.3) is 0 Å². The van der Waals surface area contributed by atoms with Gasteiger partial charge in [-0.25, -0.2) is 0 Å². The minimum atomic E-state index is 0.0563. The highest BCUT2D eigenvalue weighted by molar-refractivity contribution is 5.48. The first-order valence-electron chi connectivity index (χ1n) is 6.25. The predicted molar refractivity (Wildman–Crippen MR) is 71.9 cm³/mol. The van der Waals surface area contributed by atoms with Crippen LogP contribution in [0.2, 0.25) is 0 Å². The zero-order chi connectivity index (χ0) is 13.1. The molecular formula is C15H24O2. The number of ether oxygens (including phenoxy) is 1. The summed E-state index contributed by atoms with van der Waals surface area (Å²) in [5.74, 6) is 0.934. The Morgan fingerprint density at radius 1 is 1.24 bits per heavy atom. The second-order valence-electron chi connectivity index (χ2n) is 5.41. The van der Waals surface area contributed by atoms with E-state index < -0.39 is 0 Å². The summed E-state index contributed by atoms with van der Waals surface area (Å²) in [5.41, 5.74) is 3.70. The fourth-order valence-electron chi connectivity index (χ4n) is 2.06. The molecule has 0 amide bonds. The van der Waals surface area contributed by atoms with Crippen molar-refractivity contribution in [2.45, 2.75) is 46.0 Å². The molecule has 0 aliphatic carbocycles. The van der Waals surface area contributed by atoms with Crippen molar-refractivity contribution in [3.05, 3.63) is 28.8 Å². The molecule has 0 aliphatic rings. The number of aryl methyl sites for hydroxylation is 1. The average Bonchev–Trinajstić information content (AvgIpc) is 2.27. The third-order valence-corrected chi connectivity index (χ3v) is 3.03. The molecule has 0 unspecified atom stereocenters. The number of methoxy groups -OCH3 is 1. The quantitative estimate of drug-likeness (QED) is 0.870. The van der Waals surface area contributed by atoms with Gasteiger partial charge in [-0.15, -0.1) is 0 Å².